The first-order valence-electron chi connectivity index (χ1n) is 12.6. The van der Waals surface area contributed by atoms with Gasteiger partial charge in [-0.25, -0.2) is 14.4 Å². The lowest BCUT2D eigenvalue weighted by atomic mass is 10.0. The van der Waals surface area contributed by atoms with Gasteiger partial charge in [0, 0.05) is 62.4 Å². The van der Waals surface area contributed by atoms with Gasteiger partial charge in [0.2, 0.25) is 5.95 Å². The largest absolute Gasteiger partial charge is 0.421 e. The number of halogens is 1. The molecule has 1 aromatic carbocycles. The number of hydrogen-bond donors (Lipinski definition) is 2. The van der Waals surface area contributed by atoms with Gasteiger partial charge in [-0.3, -0.25) is 0 Å². The Kier molecular flexibility index (Phi) is 4.67. The molecule has 0 amide bonds. The molecule has 2 aromatic heterocycles. The van der Waals surface area contributed by atoms with Gasteiger partial charge in [0.15, 0.2) is 5.75 Å². The van der Waals surface area contributed by atoms with E-state index < -0.39 is 0 Å². The molecule has 1 spiro atoms. The van der Waals surface area contributed by atoms with Crippen LogP contribution in [0, 0.1) is 17.2 Å². The number of aromatic nitrogens is 4. The standard InChI is InChI=1S/C26H29FN8O/c1-14-10-34(11-14)24-30-8-16(9-31-24)36-25-32-20-7-17-18(5-15(27)6-19(17)29-2)22(20)23(33-25)35-12-21(28)26(13-35)3-4-26/h5-6,8-9,14,21,29H,3-4,7,10-13,28H2,1-2H3/t21-/m0/s1. The minimum Gasteiger partial charge on any atom is -0.421 e. The maximum atomic E-state index is 14.6. The normalized spacial score (nSPS) is 21.4. The van der Waals surface area contributed by atoms with E-state index in [-0.39, 0.29) is 23.3 Å². The summed E-state index contributed by atoms with van der Waals surface area (Å²) in [7, 11) is 1.81. The highest BCUT2D eigenvalue weighted by molar-refractivity contribution is 5.88. The smallest absolute Gasteiger partial charge is 0.324 e. The molecule has 0 unspecified atom stereocenters. The fourth-order valence-corrected chi connectivity index (χ4v) is 5.93. The number of nitrogens with zero attached hydrogens (tertiary/aromatic N) is 6. The second kappa shape index (κ2) is 7.73. The van der Waals surface area contributed by atoms with Gasteiger partial charge >= 0.3 is 6.01 Å². The Bertz CT molecular complexity index is 1350. The first-order valence-corrected chi connectivity index (χ1v) is 12.6. The van der Waals surface area contributed by atoms with E-state index in [1.807, 2.05) is 0 Å². The van der Waals surface area contributed by atoms with E-state index in [0.29, 0.717) is 30.6 Å². The SMILES string of the molecule is CNc1cc(F)cc2c1Cc1nc(Oc3cnc(N4CC(C)C4)nc3)nc(N3C[C@H](N)C4(CC4)C3)c1-2. The van der Waals surface area contributed by atoms with Crippen molar-refractivity contribution in [2.24, 2.45) is 17.1 Å². The molecule has 3 fully saturated rings. The highest BCUT2D eigenvalue weighted by atomic mass is 19.1. The summed E-state index contributed by atoms with van der Waals surface area (Å²) in [5, 5.41) is 3.13. The zero-order chi connectivity index (χ0) is 24.6. The lowest BCUT2D eigenvalue weighted by Gasteiger charge is -2.36. The molecule has 2 aliphatic heterocycles. The van der Waals surface area contributed by atoms with Gasteiger partial charge in [0.05, 0.1) is 18.1 Å². The van der Waals surface area contributed by atoms with Crippen molar-refractivity contribution in [2.45, 2.75) is 32.2 Å². The van der Waals surface area contributed by atoms with Gasteiger partial charge < -0.3 is 25.6 Å². The van der Waals surface area contributed by atoms with Gasteiger partial charge in [-0.2, -0.15) is 9.97 Å². The van der Waals surface area contributed by atoms with Crippen LogP contribution in [0.5, 0.6) is 11.8 Å². The number of nitrogens with one attached hydrogen (secondary N) is 1. The van der Waals surface area contributed by atoms with Crippen LogP contribution in [-0.2, 0) is 6.42 Å². The molecule has 186 valence electrons. The predicted octanol–water partition coefficient (Wildman–Crippen LogP) is 3.19. The number of nitrogens with two attached hydrogens (primary N) is 1. The lowest BCUT2D eigenvalue weighted by Crippen LogP contribution is -2.46. The Labute approximate surface area is 208 Å². The molecule has 4 aliphatic rings. The zero-order valence-corrected chi connectivity index (χ0v) is 20.5. The van der Waals surface area contributed by atoms with Crippen LogP contribution in [0.1, 0.15) is 31.0 Å². The van der Waals surface area contributed by atoms with E-state index >= 15 is 0 Å². The lowest BCUT2D eigenvalue weighted by molar-refractivity contribution is 0.427. The summed E-state index contributed by atoms with van der Waals surface area (Å²) in [6.45, 7) is 5.69. The Balaban J connectivity index is 1.26. The Hall–Kier alpha value is -3.53. The van der Waals surface area contributed by atoms with E-state index in [4.69, 9.17) is 20.4 Å². The Morgan fingerprint density at radius 2 is 1.89 bits per heavy atom. The van der Waals surface area contributed by atoms with Gasteiger partial charge in [-0.05, 0) is 42.0 Å². The van der Waals surface area contributed by atoms with Crippen LogP contribution >= 0.6 is 0 Å². The average molecular weight is 489 g/mol. The van der Waals surface area contributed by atoms with E-state index in [2.05, 4.69) is 32.0 Å². The molecule has 4 heterocycles. The Morgan fingerprint density at radius 1 is 1.11 bits per heavy atom. The van der Waals surface area contributed by atoms with Crippen LogP contribution in [0.2, 0.25) is 0 Å². The summed E-state index contributed by atoms with van der Waals surface area (Å²) in [4.78, 5) is 22.9. The highest BCUT2D eigenvalue weighted by Gasteiger charge is 2.54. The number of ether oxygens (including phenoxy) is 1. The van der Waals surface area contributed by atoms with Crippen LogP contribution in [0.15, 0.2) is 24.5 Å². The summed E-state index contributed by atoms with van der Waals surface area (Å²) >= 11 is 0. The molecule has 3 aromatic rings. The Morgan fingerprint density at radius 3 is 2.56 bits per heavy atom. The predicted molar refractivity (Wildman–Crippen MR) is 135 cm³/mol. The third-order valence-electron chi connectivity index (χ3n) is 8.11. The van der Waals surface area contributed by atoms with E-state index in [9.17, 15) is 4.39 Å². The molecule has 9 nitrogen and oxygen atoms in total. The second-order valence-corrected chi connectivity index (χ2v) is 10.7. The third-order valence-corrected chi connectivity index (χ3v) is 8.11. The van der Waals surface area contributed by atoms with E-state index in [1.165, 1.54) is 6.07 Å². The van der Waals surface area contributed by atoms with Crippen molar-refractivity contribution in [2.75, 3.05) is 48.3 Å². The van der Waals surface area contributed by atoms with Crippen LogP contribution < -0.4 is 25.6 Å². The summed E-state index contributed by atoms with van der Waals surface area (Å²) in [6, 6.07) is 3.44. The molecule has 2 saturated heterocycles. The number of anilines is 3. The quantitative estimate of drug-likeness (QED) is 0.438. The average Bonchev–Trinajstić information content (AvgIpc) is 3.44. The molecular formula is C26H29FN8O. The summed E-state index contributed by atoms with van der Waals surface area (Å²) in [5.41, 5.74) is 11.0. The molecule has 2 aliphatic carbocycles. The highest BCUT2D eigenvalue weighted by Crippen LogP contribution is 2.54. The molecule has 0 radical (unpaired) electrons. The molecule has 3 N–H and O–H groups in total. The minimum atomic E-state index is -0.289. The number of hydrogen-bond acceptors (Lipinski definition) is 9. The molecule has 10 heteroatoms. The molecule has 36 heavy (non-hydrogen) atoms. The van der Waals surface area contributed by atoms with Gasteiger partial charge in [-0.15, -0.1) is 0 Å². The van der Waals surface area contributed by atoms with Crippen molar-refractivity contribution in [1.82, 2.24) is 19.9 Å². The monoisotopic (exact) mass is 488 g/mol. The first kappa shape index (κ1) is 21.7. The molecule has 1 atom stereocenters. The van der Waals surface area contributed by atoms with Crippen molar-refractivity contribution in [3.63, 3.8) is 0 Å². The number of rotatable bonds is 5. The van der Waals surface area contributed by atoms with Gasteiger partial charge in [0.25, 0.3) is 0 Å². The van der Waals surface area contributed by atoms with Crippen molar-refractivity contribution in [3.8, 4) is 22.9 Å². The second-order valence-electron chi connectivity index (χ2n) is 10.7. The summed E-state index contributed by atoms with van der Waals surface area (Å²) in [6.07, 6.45) is 6.16. The van der Waals surface area contributed by atoms with Gasteiger partial charge in [0.1, 0.15) is 11.6 Å². The van der Waals surface area contributed by atoms with Crippen molar-refractivity contribution in [3.05, 3.63) is 41.6 Å². The van der Waals surface area contributed by atoms with Crippen LogP contribution in [0.3, 0.4) is 0 Å². The summed E-state index contributed by atoms with van der Waals surface area (Å²) < 4.78 is 20.6. The van der Waals surface area contributed by atoms with Gasteiger partial charge in [-0.1, -0.05) is 6.92 Å². The van der Waals surface area contributed by atoms with Crippen LogP contribution in [-0.4, -0.2) is 59.2 Å². The number of benzene rings is 1. The topological polar surface area (TPSA) is 105 Å². The van der Waals surface area contributed by atoms with Crippen molar-refractivity contribution < 1.29 is 9.13 Å². The van der Waals surface area contributed by atoms with Crippen LogP contribution in [0.25, 0.3) is 11.1 Å². The van der Waals surface area contributed by atoms with E-state index in [0.717, 1.165) is 66.4 Å². The maximum Gasteiger partial charge on any atom is 0.324 e. The van der Waals surface area contributed by atoms with Crippen molar-refractivity contribution >= 4 is 17.5 Å². The van der Waals surface area contributed by atoms with Crippen LogP contribution in [0.4, 0.5) is 21.8 Å². The maximum absolute atomic E-state index is 14.6. The zero-order valence-electron chi connectivity index (χ0n) is 20.5. The van der Waals surface area contributed by atoms with Crippen molar-refractivity contribution in [1.29, 1.82) is 0 Å². The summed E-state index contributed by atoms with van der Waals surface area (Å²) in [5.74, 6) is 2.31. The van der Waals surface area contributed by atoms with E-state index in [1.54, 1.807) is 25.5 Å². The fraction of sp³-hybridized carbons (Fsp3) is 0.462. The number of fused-ring (bicyclic) bond motifs is 3. The molecule has 0 bridgehead atoms. The fourth-order valence-electron chi connectivity index (χ4n) is 5.93. The molecular weight excluding hydrogens is 459 g/mol. The minimum absolute atomic E-state index is 0.0962. The molecule has 1 saturated carbocycles. The first-order chi connectivity index (χ1) is 17.4. The third kappa shape index (κ3) is 3.38. The molecule has 7 rings (SSSR count).